The lowest BCUT2D eigenvalue weighted by Gasteiger charge is -2.30. The minimum absolute atomic E-state index is 0.00770. The number of hydrogen-bond donors (Lipinski definition) is 2. The van der Waals surface area contributed by atoms with Gasteiger partial charge in [-0.2, -0.15) is 0 Å². The van der Waals surface area contributed by atoms with Gasteiger partial charge in [0.2, 0.25) is 27.7 Å². The molecule has 13 nitrogen and oxygen atoms in total. The third kappa shape index (κ3) is 9.11. The fourth-order valence-electron chi connectivity index (χ4n) is 7.67. The number of ether oxygens (including phenoxy) is 3. The van der Waals surface area contributed by atoms with Gasteiger partial charge >= 0.3 is 6.09 Å². The Morgan fingerprint density at radius 3 is 2.52 bits per heavy atom. The van der Waals surface area contributed by atoms with Gasteiger partial charge in [0.05, 0.1) is 34.4 Å². The SMILES string of the molecule is Cc1c(Cl)ccc2c(O[C@@H]3C[C@H]4C(=O)C[C@]5(C(=O)NS(=O)(=O)C6(C)CC6)C[C@H]5/C=C\CCCCC[C@H](NC(=O)OC(C)(C)C)C(=O)N4C3)cc(OC(C)C)nc12. The van der Waals surface area contributed by atoms with E-state index in [0.29, 0.717) is 66.1 Å². The third-order valence-corrected chi connectivity index (χ3v) is 13.9. The number of Topliss-reactive ketones (excluding diaryl/α,β-unsaturated/α-hetero) is 1. The zero-order chi connectivity index (χ0) is 40.8. The van der Waals surface area contributed by atoms with Gasteiger partial charge in [-0.25, -0.2) is 18.2 Å². The number of aromatic nitrogens is 1. The van der Waals surface area contributed by atoms with E-state index in [2.05, 4.69) is 10.0 Å². The van der Waals surface area contributed by atoms with Crippen molar-refractivity contribution in [2.24, 2.45) is 11.3 Å². The van der Waals surface area contributed by atoms with E-state index in [0.717, 1.165) is 18.4 Å². The third-order valence-electron chi connectivity index (χ3n) is 11.3. The topological polar surface area (TPSA) is 170 Å². The van der Waals surface area contributed by atoms with Crippen molar-refractivity contribution in [2.45, 2.75) is 147 Å². The van der Waals surface area contributed by atoms with Gasteiger partial charge in [-0.15, -0.1) is 0 Å². The maximum absolute atomic E-state index is 14.6. The Labute approximate surface area is 334 Å². The molecule has 3 heterocycles. The highest BCUT2D eigenvalue weighted by Gasteiger charge is 2.62. The number of allylic oxidation sites excluding steroid dienone is 2. The predicted molar refractivity (Wildman–Crippen MR) is 212 cm³/mol. The normalized spacial score (nSPS) is 27.3. The zero-order valence-corrected chi connectivity index (χ0v) is 35.0. The van der Waals surface area contributed by atoms with Crippen molar-refractivity contribution in [2.75, 3.05) is 6.54 Å². The van der Waals surface area contributed by atoms with E-state index in [1.807, 2.05) is 32.9 Å². The number of benzene rings is 1. The Balaban J connectivity index is 1.35. The first-order valence-electron chi connectivity index (χ1n) is 19.7. The number of carbonyl (C=O) groups excluding carboxylic acids is 4. The first-order chi connectivity index (χ1) is 26.2. The lowest BCUT2D eigenvalue weighted by atomic mass is 9.91. The fourth-order valence-corrected chi connectivity index (χ4v) is 9.15. The van der Waals surface area contributed by atoms with E-state index in [1.165, 1.54) is 4.90 Å². The Morgan fingerprint density at radius 2 is 1.84 bits per heavy atom. The summed E-state index contributed by atoms with van der Waals surface area (Å²) < 4.78 is 45.9. The largest absolute Gasteiger partial charge is 0.488 e. The molecule has 2 saturated carbocycles. The van der Waals surface area contributed by atoms with Crippen LogP contribution in [-0.4, -0.2) is 83.2 Å². The Morgan fingerprint density at radius 1 is 1.11 bits per heavy atom. The molecule has 0 unspecified atom stereocenters. The summed E-state index contributed by atoms with van der Waals surface area (Å²) in [7, 11) is -3.96. The maximum Gasteiger partial charge on any atom is 0.408 e. The lowest BCUT2D eigenvalue weighted by Crippen LogP contribution is -2.53. The molecular formula is C41H55ClN4O9S. The summed E-state index contributed by atoms with van der Waals surface area (Å²) in [5.74, 6) is -1.12. The summed E-state index contributed by atoms with van der Waals surface area (Å²) >= 11 is 6.48. The number of rotatable bonds is 8. The average molecular weight is 815 g/mol. The van der Waals surface area contributed by atoms with Crippen molar-refractivity contribution >= 4 is 56.2 Å². The summed E-state index contributed by atoms with van der Waals surface area (Å²) in [4.78, 5) is 62.4. The van der Waals surface area contributed by atoms with E-state index in [1.54, 1.807) is 45.9 Å². The number of pyridine rings is 1. The highest BCUT2D eigenvalue weighted by atomic mass is 35.5. The highest BCUT2D eigenvalue weighted by molar-refractivity contribution is 7.91. The molecular weight excluding hydrogens is 760 g/mol. The summed E-state index contributed by atoms with van der Waals surface area (Å²) in [6.07, 6.45) is 6.56. The first-order valence-corrected chi connectivity index (χ1v) is 21.6. The maximum atomic E-state index is 14.6. The molecule has 15 heteroatoms. The lowest BCUT2D eigenvalue weighted by molar-refractivity contribution is -0.140. The van der Waals surface area contributed by atoms with Crippen molar-refractivity contribution in [3.63, 3.8) is 0 Å². The minimum atomic E-state index is -3.96. The molecule has 1 saturated heterocycles. The number of amides is 3. The Bertz CT molecular complexity index is 2030. The molecule has 1 aromatic carbocycles. The number of nitrogens with one attached hydrogen (secondary N) is 2. The van der Waals surface area contributed by atoms with Crippen LogP contribution in [0.2, 0.25) is 5.02 Å². The van der Waals surface area contributed by atoms with Crippen LogP contribution in [-0.2, 0) is 29.1 Å². The second-order valence-electron chi connectivity index (χ2n) is 17.4. The monoisotopic (exact) mass is 814 g/mol. The molecule has 0 spiro atoms. The van der Waals surface area contributed by atoms with E-state index in [4.69, 9.17) is 30.8 Å². The smallest absolute Gasteiger partial charge is 0.408 e. The molecule has 2 aliphatic carbocycles. The second kappa shape index (κ2) is 15.8. The molecule has 3 fully saturated rings. The molecule has 56 heavy (non-hydrogen) atoms. The van der Waals surface area contributed by atoms with Crippen LogP contribution in [0.3, 0.4) is 0 Å². The van der Waals surface area contributed by atoms with Gasteiger partial charge in [-0.05, 0) is 111 Å². The van der Waals surface area contributed by atoms with Crippen molar-refractivity contribution in [1.29, 1.82) is 0 Å². The van der Waals surface area contributed by atoms with Crippen molar-refractivity contribution in [3.05, 3.63) is 40.9 Å². The van der Waals surface area contributed by atoms with Gasteiger partial charge in [-0.3, -0.25) is 19.1 Å². The summed E-state index contributed by atoms with van der Waals surface area (Å²) in [6.45, 7) is 12.4. The van der Waals surface area contributed by atoms with Crippen LogP contribution < -0.4 is 19.5 Å². The molecule has 2 N–H and O–H groups in total. The van der Waals surface area contributed by atoms with Gasteiger partial charge in [0.1, 0.15) is 23.5 Å². The number of alkyl carbamates (subject to hydrolysis) is 1. The molecule has 0 bridgehead atoms. The number of halogens is 1. The highest BCUT2D eigenvalue weighted by Crippen LogP contribution is 2.57. The number of aryl methyl sites for hydroxylation is 1. The second-order valence-corrected chi connectivity index (χ2v) is 20.0. The van der Waals surface area contributed by atoms with E-state index >= 15 is 0 Å². The van der Waals surface area contributed by atoms with Crippen LogP contribution >= 0.6 is 11.6 Å². The summed E-state index contributed by atoms with van der Waals surface area (Å²) in [5, 5.41) is 3.97. The number of nitrogens with zero attached hydrogens (tertiary/aromatic N) is 2. The van der Waals surface area contributed by atoms with Crippen LogP contribution in [0.15, 0.2) is 30.4 Å². The van der Waals surface area contributed by atoms with E-state index < -0.39 is 61.9 Å². The van der Waals surface area contributed by atoms with Gasteiger partial charge in [0.25, 0.3) is 0 Å². The molecule has 306 valence electrons. The Kier molecular flexibility index (Phi) is 11.8. The van der Waals surface area contributed by atoms with Crippen molar-refractivity contribution in [3.8, 4) is 11.6 Å². The van der Waals surface area contributed by atoms with E-state index in [9.17, 15) is 27.6 Å². The van der Waals surface area contributed by atoms with Gasteiger partial charge in [-0.1, -0.05) is 36.6 Å². The summed E-state index contributed by atoms with van der Waals surface area (Å²) in [5.41, 5.74) is -0.769. The van der Waals surface area contributed by atoms with Gasteiger partial charge < -0.3 is 24.4 Å². The molecule has 2 aromatic rings. The molecule has 1 aromatic heterocycles. The fraction of sp³-hybridized carbons (Fsp3) is 0.634. The molecule has 2 aliphatic heterocycles. The number of carbonyl (C=O) groups is 4. The number of sulfonamides is 1. The number of fused-ring (bicyclic) bond motifs is 3. The first kappa shape index (κ1) is 41.7. The predicted octanol–water partition coefficient (Wildman–Crippen LogP) is 6.71. The standard InChI is InChI=1S/C41H55ClN4O9S/c1-24(2)53-34-20-33(28-15-16-29(42)25(3)35(28)44-34)54-27-19-31-32(47)22-41(37(49)45-56(51,52)40(7)17-18-40)21-26(41)13-11-9-8-10-12-14-30(36(48)46(31)23-27)43-38(50)55-39(4,5)6/h11,13,15-16,20,24,26-27,30-31H,8-10,12,14,17-19,21-23H2,1-7H3,(H,43,50)(H,45,49)/b13-11-/t26-,27-,30+,31+,41-/m1/s1. The van der Waals surface area contributed by atoms with Crippen LogP contribution in [0.25, 0.3) is 10.9 Å². The van der Waals surface area contributed by atoms with Crippen LogP contribution in [0.4, 0.5) is 4.79 Å². The van der Waals surface area contributed by atoms with Crippen LogP contribution in [0.5, 0.6) is 11.6 Å². The van der Waals surface area contributed by atoms with Gasteiger partial charge in [0.15, 0.2) is 5.78 Å². The van der Waals surface area contributed by atoms with Gasteiger partial charge in [0, 0.05) is 29.3 Å². The summed E-state index contributed by atoms with van der Waals surface area (Å²) in [6, 6.07) is 3.22. The minimum Gasteiger partial charge on any atom is -0.488 e. The quantitative estimate of drug-likeness (QED) is 0.273. The molecule has 6 rings (SSSR count). The van der Waals surface area contributed by atoms with Crippen LogP contribution in [0.1, 0.15) is 111 Å². The zero-order valence-electron chi connectivity index (χ0n) is 33.4. The molecule has 5 atom stereocenters. The molecule has 0 radical (unpaired) electrons. The molecule has 4 aliphatic rings. The van der Waals surface area contributed by atoms with Crippen molar-refractivity contribution < 1.29 is 41.8 Å². The molecule has 3 amide bonds. The van der Waals surface area contributed by atoms with Crippen molar-refractivity contribution in [1.82, 2.24) is 19.9 Å². The number of hydrogen-bond acceptors (Lipinski definition) is 10. The average Bonchev–Trinajstić information content (AvgIpc) is 3.97. The van der Waals surface area contributed by atoms with Crippen LogP contribution in [0, 0.1) is 18.3 Å². The Hall–Kier alpha value is -3.91. The van der Waals surface area contributed by atoms with E-state index in [-0.39, 0.29) is 37.2 Å². The number of ketones is 1.